The zero-order valence-electron chi connectivity index (χ0n) is 20.3. The summed E-state index contributed by atoms with van der Waals surface area (Å²) in [5, 5.41) is 13.2. The first-order chi connectivity index (χ1) is 18.5. The number of nitrogens with two attached hydrogens (primary N) is 1. The molecule has 2 aromatic heterocycles. The summed E-state index contributed by atoms with van der Waals surface area (Å²) in [5.41, 5.74) is 8.48. The van der Waals surface area contributed by atoms with Crippen molar-refractivity contribution in [1.29, 1.82) is 5.26 Å². The molecule has 0 saturated carbocycles. The van der Waals surface area contributed by atoms with Gasteiger partial charge in [-0.2, -0.15) is 10.2 Å². The van der Waals surface area contributed by atoms with Crippen molar-refractivity contribution in [2.45, 2.75) is 13.0 Å². The normalized spacial score (nSPS) is 12.7. The van der Waals surface area contributed by atoms with E-state index in [0.29, 0.717) is 33.9 Å². The highest BCUT2D eigenvalue weighted by Gasteiger charge is 2.22. The molecule has 1 atom stereocenters. The number of hydrogen-bond donors (Lipinski definition) is 2. The maximum atomic E-state index is 14.3. The largest absolute Gasteiger partial charge is 0.454 e. The molecule has 3 aromatic carbocycles. The first-order valence-corrected chi connectivity index (χ1v) is 11.8. The van der Waals surface area contributed by atoms with Crippen molar-refractivity contribution in [2.75, 3.05) is 17.8 Å². The van der Waals surface area contributed by atoms with Gasteiger partial charge < -0.3 is 20.5 Å². The highest BCUT2D eigenvalue weighted by Crippen LogP contribution is 2.37. The molecule has 10 heteroatoms. The van der Waals surface area contributed by atoms with E-state index in [0.717, 1.165) is 11.1 Å². The molecule has 0 bridgehead atoms. The zero-order chi connectivity index (χ0) is 26.2. The van der Waals surface area contributed by atoms with Crippen molar-refractivity contribution in [2.24, 2.45) is 0 Å². The molecule has 0 amide bonds. The molecule has 10 nitrogen and oxygen atoms in total. The number of benzene rings is 3. The molecule has 3 N–H and O–H groups in total. The molecule has 38 heavy (non-hydrogen) atoms. The van der Waals surface area contributed by atoms with E-state index in [9.17, 15) is 10.1 Å². The highest BCUT2D eigenvalue weighted by molar-refractivity contribution is 5.94. The minimum Gasteiger partial charge on any atom is -0.454 e. The monoisotopic (exact) mass is 503 g/mol. The molecule has 0 spiro atoms. The lowest BCUT2D eigenvalue weighted by Gasteiger charge is -2.21. The Hall–Kier alpha value is -5.43. The van der Waals surface area contributed by atoms with Crippen molar-refractivity contribution in [3.63, 3.8) is 0 Å². The van der Waals surface area contributed by atoms with E-state index >= 15 is 0 Å². The Morgan fingerprint density at radius 1 is 1.05 bits per heavy atom. The minimum absolute atomic E-state index is 0.0268. The van der Waals surface area contributed by atoms with Gasteiger partial charge in [0.1, 0.15) is 23.3 Å². The molecule has 0 radical (unpaired) electrons. The molecular weight excluding hydrogens is 482 g/mol. The molecule has 1 aliphatic heterocycles. The van der Waals surface area contributed by atoms with Crippen molar-refractivity contribution in [1.82, 2.24) is 19.5 Å². The number of nitrogens with zero attached hydrogens (tertiary/aromatic N) is 5. The van der Waals surface area contributed by atoms with Crippen LogP contribution in [-0.2, 0) is 0 Å². The lowest BCUT2D eigenvalue weighted by atomic mass is 10.0. The molecule has 0 saturated heterocycles. The number of para-hydroxylation sites is 1. The van der Waals surface area contributed by atoms with E-state index in [1.807, 2.05) is 73.7 Å². The summed E-state index contributed by atoms with van der Waals surface area (Å²) in [7, 11) is 0. The number of rotatable bonds is 5. The van der Waals surface area contributed by atoms with Gasteiger partial charge in [0.25, 0.3) is 5.56 Å². The van der Waals surface area contributed by atoms with Crippen molar-refractivity contribution < 1.29 is 9.47 Å². The van der Waals surface area contributed by atoms with Crippen molar-refractivity contribution >= 4 is 22.7 Å². The quantitative estimate of drug-likeness (QED) is 0.361. The SMILES string of the molecule is C[C@@H](Nc1nc(N)ncc1C#N)c1nc2cccc(-c3ccc4c(c3)OCO4)c2c(=O)n1-c1ccccc1. The van der Waals surface area contributed by atoms with Crippen molar-refractivity contribution in [3.05, 3.63) is 94.7 Å². The first kappa shape index (κ1) is 23.0. The van der Waals surface area contributed by atoms with Gasteiger partial charge in [0, 0.05) is 0 Å². The second-order valence-electron chi connectivity index (χ2n) is 8.68. The Labute approximate surface area is 216 Å². The van der Waals surface area contributed by atoms with Crippen LogP contribution in [0.3, 0.4) is 0 Å². The van der Waals surface area contributed by atoms with Gasteiger partial charge in [-0.1, -0.05) is 36.4 Å². The fourth-order valence-electron chi connectivity index (χ4n) is 4.53. The van der Waals surface area contributed by atoms with E-state index in [4.69, 9.17) is 20.2 Å². The van der Waals surface area contributed by atoms with Crippen LogP contribution >= 0.6 is 0 Å². The summed E-state index contributed by atoms with van der Waals surface area (Å²) in [6.07, 6.45) is 1.35. The van der Waals surface area contributed by atoms with Crippen LogP contribution in [0.25, 0.3) is 27.7 Å². The summed E-state index contributed by atoms with van der Waals surface area (Å²) < 4.78 is 12.6. The molecule has 1 aliphatic rings. The predicted molar refractivity (Wildman–Crippen MR) is 142 cm³/mol. The third kappa shape index (κ3) is 3.92. The third-order valence-corrected chi connectivity index (χ3v) is 6.29. The maximum Gasteiger partial charge on any atom is 0.266 e. The predicted octanol–water partition coefficient (Wildman–Crippen LogP) is 4.20. The molecular formula is C28H21N7O3. The number of fused-ring (bicyclic) bond motifs is 2. The standard InChI is InChI=1S/C28H21N7O3/c1-16(32-25-18(13-29)14-31-28(30)34-25)26-33-21-9-5-8-20(17-10-11-22-23(12-17)38-15-37-22)24(21)27(36)35(26)19-6-3-2-4-7-19/h2-12,14,16H,15H2,1H3,(H3,30,31,32,34)/t16-/m1/s1. The fourth-order valence-corrected chi connectivity index (χ4v) is 4.53. The van der Waals surface area contributed by atoms with Crippen LogP contribution in [0.2, 0.25) is 0 Å². The number of ether oxygens (including phenoxy) is 2. The second-order valence-corrected chi connectivity index (χ2v) is 8.68. The summed E-state index contributed by atoms with van der Waals surface area (Å²) >= 11 is 0. The van der Waals surface area contributed by atoms with Gasteiger partial charge in [-0.05, 0) is 48.4 Å². The molecule has 3 heterocycles. The van der Waals surface area contributed by atoms with E-state index in [2.05, 4.69) is 21.4 Å². The Kier molecular flexibility index (Phi) is 5.58. The molecule has 0 unspecified atom stereocenters. The second kappa shape index (κ2) is 9.22. The number of nitrogens with one attached hydrogen (secondary N) is 1. The van der Waals surface area contributed by atoms with Crippen LogP contribution in [0.4, 0.5) is 11.8 Å². The van der Waals surface area contributed by atoms with E-state index in [-0.39, 0.29) is 29.7 Å². The lowest BCUT2D eigenvalue weighted by molar-refractivity contribution is 0.174. The van der Waals surface area contributed by atoms with Gasteiger partial charge in [-0.25, -0.2) is 9.97 Å². The molecule has 5 aromatic rings. The third-order valence-electron chi connectivity index (χ3n) is 6.29. The van der Waals surface area contributed by atoms with E-state index < -0.39 is 6.04 Å². The summed E-state index contributed by atoms with van der Waals surface area (Å²) in [6.45, 7) is 2.00. The summed E-state index contributed by atoms with van der Waals surface area (Å²) in [6, 6.07) is 22.0. The van der Waals surface area contributed by atoms with Crippen LogP contribution in [0, 0.1) is 11.3 Å². The Bertz CT molecular complexity index is 1800. The number of anilines is 2. The average Bonchev–Trinajstić information content (AvgIpc) is 3.41. The molecule has 186 valence electrons. The van der Waals surface area contributed by atoms with Gasteiger partial charge >= 0.3 is 0 Å². The maximum absolute atomic E-state index is 14.3. The number of nitrogen functional groups attached to an aromatic ring is 1. The molecule has 0 fully saturated rings. The van der Waals surface area contributed by atoms with E-state index in [1.165, 1.54) is 6.20 Å². The fraction of sp³-hybridized carbons (Fsp3) is 0.107. The van der Waals surface area contributed by atoms with Crippen LogP contribution < -0.4 is 26.1 Å². The van der Waals surface area contributed by atoms with Gasteiger partial charge in [-0.3, -0.25) is 9.36 Å². The Balaban J connectivity index is 1.56. The van der Waals surface area contributed by atoms with Gasteiger partial charge in [0.2, 0.25) is 12.7 Å². The van der Waals surface area contributed by atoms with Gasteiger partial charge in [0.15, 0.2) is 11.5 Å². The Morgan fingerprint density at radius 3 is 2.68 bits per heavy atom. The summed E-state index contributed by atoms with van der Waals surface area (Å²) in [4.78, 5) is 27.2. The van der Waals surface area contributed by atoms with Gasteiger partial charge in [0.05, 0.1) is 28.8 Å². The zero-order valence-corrected chi connectivity index (χ0v) is 20.3. The van der Waals surface area contributed by atoms with Crippen LogP contribution in [0.15, 0.2) is 77.7 Å². The first-order valence-electron chi connectivity index (χ1n) is 11.8. The minimum atomic E-state index is -0.525. The van der Waals surface area contributed by atoms with Gasteiger partial charge in [-0.15, -0.1) is 0 Å². The van der Waals surface area contributed by atoms with Crippen LogP contribution in [0.1, 0.15) is 24.4 Å². The number of nitriles is 1. The topological polar surface area (TPSA) is 141 Å². The van der Waals surface area contributed by atoms with Crippen LogP contribution in [-0.4, -0.2) is 26.3 Å². The Morgan fingerprint density at radius 2 is 1.87 bits per heavy atom. The average molecular weight is 504 g/mol. The number of aromatic nitrogens is 4. The van der Waals surface area contributed by atoms with Crippen LogP contribution in [0.5, 0.6) is 11.5 Å². The van der Waals surface area contributed by atoms with E-state index in [1.54, 1.807) is 4.57 Å². The smallest absolute Gasteiger partial charge is 0.266 e. The summed E-state index contributed by atoms with van der Waals surface area (Å²) in [5.74, 6) is 2.02. The molecule has 6 rings (SSSR count). The number of hydrogen-bond acceptors (Lipinski definition) is 9. The van der Waals surface area contributed by atoms with Crippen molar-refractivity contribution in [3.8, 4) is 34.4 Å². The molecule has 0 aliphatic carbocycles. The highest BCUT2D eigenvalue weighted by atomic mass is 16.7. The lowest BCUT2D eigenvalue weighted by Crippen LogP contribution is -2.28.